The maximum absolute atomic E-state index is 4.88. The molecule has 0 N–H and O–H groups in total. The summed E-state index contributed by atoms with van der Waals surface area (Å²) in [4.78, 5) is 9.10. The summed E-state index contributed by atoms with van der Waals surface area (Å²) in [5.41, 5.74) is 0. The van der Waals surface area contributed by atoms with Crippen LogP contribution in [0.5, 0.6) is 0 Å². The second-order valence-corrected chi connectivity index (χ2v) is 2.51. The van der Waals surface area contributed by atoms with E-state index >= 15 is 0 Å². The van der Waals surface area contributed by atoms with Gasteiger partial charge in [-0.05, 0) is 65.1 Å². The Hall–Kier alpha value is -2.72. The van der Waals surface area contributed by atoms with E-state index in [1.807, 2.05) is 0 Å². The van der Waals surface area contributed by atoms with Crippen molar-refractivity contribution in [1.82, 2.24) is 0 Å². The van der Waals surface area contributed by atoms with Gasteiger partial charge in [-0.3, -0.25) is 0 Å². The summed E-state index contributed by atoms with van der Waals surface area (Å²) < 4.78 is 0. The van der Waals surface area contributed by atoms with Crippen LogP contribution >= 0.6 is 0 Å². The number of terminal acetylenes is 1. The van der Waals surface area contributed by atoms with E-state index in [1.165, 1.54) is 0 Å². The van der Waals surface area contributed by atoms with E-state index in [1.54, 1.807) is 6.92 Å². The molecule has 1 heterocycles. The standard InChI is InChI=1S/C14H4O2/c1-3-4-5-6-7-8-9-10-11-12-13-14(2)15-16-14/h1H,2H3. The molecule has 0 bridgehead atoms. The lowest BCUT2D eigenvalue weighted by molar-refractivity contribution is 0.0850. The molecule has 0 amide bonds. The molecule has 0 unspecified atom stereocenters. The van der Waals surface area contributed by atoms with Gasteiger partial charge >= 0.3 is 0 Å². The van der Waals surface area contributed by atoms with Crippen molar-refractivity contribution in [2.75, 3.05) is 0 Å². The van der Waals surface area contributed by atoms with Gasteiger partial charge in [-0.1, -0.05) is 0 Å². The Kier molecular flexibility index (Phi) is 4.18. The van der Waals surface area contributed by atoms with Crippen molar-refractivity contribution in [2.45, 2.75) is 12.7 Å². The zero-order valence-corrected chi connectivity index (χ0v) is 8.39. The van der Waals surface area contributed by atoms with E-state index in [-0.39, 0.29) is 0 Å². The molecule has 0 aromatic carbocycles. The number of rotatable bonds is 0. The zero-order chi connectivity index (χ0) is 11.7. The van der Waals surface area contributed by atoms with Crippen molar-refractivity contribution < 1.29 is 9.78 Å². The Morgan fingerprint density at radius 1 is 0.750 bits per heavy atom. The Morgan fingerprint density at radius 3 is 1.62 bits per heavy atom. The fraction of sp³-hybridized carbons (Fsp3) is 0.143. The third-order valence-corrected chi connectivity index (χ3v) is 1.20. The average molecular weight is 204 g/mol. The molecule has 0 aromatic rings. The molecule has 1 saturated heterocycles. The first kappa shape index (κ1) is 11.4. The first-order chi connectivity index (χ1) is 7.77. The summed E-state index contributed by atoms with van der Waals surface area (Å²) in [5, 5.41) is 0. The minimum absolute atomic E-state index is 0.785. The van der Waals surface area contributed by atoms with Gasteiger partial charge in [0, 0.05) is 6.92 Å². The van der Waals surface area contributed by atoms with Crippen LogP contribution in [0.3, 0.4) is 0 Å². The van der Waals surface area contributed by atoms with E-state index in [2.05, 4.69) is 74.9 Å². The third kappa shape index (κ3) is 5.11. The molecule has 0 aromatic heterocycles. The van der Waals surface area contributed by atoms with Crippen LogP contribution in [0, 0.1) is 71.5 Å². The van der Waals surface area contributed by atoms with Crippen molar-refractivity contribution in [3.05, 3.63) is 0 Å². The summed E-state index contributed by atoms with van der Waals surface area (Å²) >= 11 is 0. The van der Waals surface area contributed by atoms with E-state index in [9.17, 15) is 0 Å². The molecule has 2 heteroatoms. The predicted molar refractivity (Wildman–Crippen MR) is 58.3 cm³/mol. The molecule has 0 radical (unpaired) electrons. The van der Waals surface area contributed by atoms with Crippen molar-refractivity contribution in [3.63, 3.8) is 0 Å². The largest absolute Gasteiger partial charge is 0.292 e. The SMILES string of the molecule is C#CC#CC#CC#CC#CC#CC1(C)OO1. The predicted octanol–water partition coefficient (Wildman–Crippen LogP) is 0.315. The van der Waals surface area contributed by atoms with Crippen LogP contribution in [-0.4, -0.2) is 5.79 Å². The van der Waals surface area contributed by atoms with Crippen LogP contribution in [0.25, 0.3) is 0 Å². The van der Waals surface area contributed by atoms with Gasteiger partial charge in [-0.15, -0.1) is 6.42 Å². The normalized spacial score (nSPS) is 12.0. The monoisotopic (exact) mass is 204 g/mol. The quantitative estimate of drug-likeness (QED) is 0.322. The van der Waals surface area contributed by atoms with Crippen molar-refractivity contribution in [1.29, 1.82) is 0 Å². The van der Waals surface area contributed by atoms with Gasteiger partial charge in [0.15, 0.2) is 0 Å². The molecular formula is C14H4O2. The summed E-state index contributed by atoms with van der Waals surface area (Å²) in [6, 6.07) is 0. The van der Waals surface area contributed by atoms with Crippen molar-refractivity contribution >= 4 is 0 Å². The molecule has 1 aliphatic rings. The summed E-state index contributed by atoms with van der Waals surface area (Å²) in [7, 11) is 0. The highest BCUT2D eigenvalue weighted by Crippen LogP contribution is 2.26. The average Bonchev–Trinajstić information content (AvgIpc) is 3.00. The van der Waals surface area contributed by atoms with Gasteiger partial charge in [0.25, 0.3) is 5.79 Å². The lowest BCUT2D eigenvalue weighted by Crippen LogP contribution is -1.96. The van der Waals surface area contributed by atoms with E-state index in [0.29, 0.717) is 0 Å². The Labute approximate surface area is 94.6 Å². The highest BCUT2D eigenvalue weighted by Gasteiger charge is 2.41. The minimum Gasteiger partial charge on any atom is -0.180 e. The highest BCUT2D eigenvalue weighted by molar-refractivity contribution is 5.44. The first-order valence-corrected chi connectivity index (χ1v) is 4.11. The lowest BCUT2D eigenvalue weighted by Gasteiger charge is -1.75. The fourth-order valence-corrected chi connectivity index (χ4v) is 0.504. The summed E-state index contributed by atoms with van der Waals surface area (Å²) in [5.74, 6) is 26.1. The smallest absolute Gasteiger partial charge is 0.180 e. The van der Waals surface area contributed by atoms with Gasteiger partial charge in [-0.25, -0.2) is 0 Å². The molecule has 1 fully saturated rings. The second kappa shape index (κ2) is 5.90. The lowest BCUT2D eigenvalue weighted by atomic mass is 10.3. The Morgan fingerprint density at radius 2 is 1.19 bits per heavy atom. The van der Waals surface area contributed by atoms with Crippen LogP contribution in [0.4, 0.5) is 0 Å². The summed E-state index contributed by atoms with van der Waals surface area (Å²) in [6.45, 7) is 1.68. The van der Waals surface area contributed by atoms with Gasteiger partial charge < -0.3 is 0 Å². The molecule has 16 heavy (non-hydrogen) atoms. The van der Waals surface area contributed by atoms with Gasteiger partial charge in [0.2, 0.25) is 0 Å². The molecule has 0 saturated carbocycles. The second-order valence-electron chi connectivity index (χ2n) is 2.51. The van der Waals surface area contributed by atoms with Crippen molar-refractivity contribution in [3.8, 4) is 71.5 Å². The molecule has 1 aliphatic heterocycles. The van der Waals surface area contributed by atoms with Gasteiger partial charge in [-0.2, -0.15) is 9.78 Å². The molecule has 2 nitrogen and oxygen atoms in total. The van der Waals surface area contributed by atoms with E-state index in [4.69, 9.17) is 6.42 Å². The Bertz CT molecular complexity index is 616. The Balaban J connectivity index is 2.41. The molecule has 0 aliphatic carbocycles. The van der Waals surface area contributed by atoms with Crippen LogP contribution in [0.15, 0.2) is 0 Å². The topological polar surface area (TPSA) is 25.1 Å². The first-order valence-electron chi connectivity index (χ1n) is 4.11. The van der Waals surface area contributed by atoms with E-state index in [0.717, 1.165) is 0 Å². The molecule has 1 rings (SSSR count). The number of hydrogen-bond donors (Lipinski definition) is 0. The third-order valence-electron chi connectivity index (χ3n) is 1.20. The number of hydrogen-bond acceptors (Lipinski definition) is 2. The minimum atomic E-state index is -0.785. The van der Waals surface area contributed by atoms with Crippen LogP contribution < -0.4 is 0 Å². The maximum atomic E-state index is 4.88. The van der Waals surface area contributed by atoms with Crippen LogP contribution in [-0.2, 0) is 9.78 Å². The molecular weight excluding hydrogens is 200 g/mol. The molecule has 0 spiro atoms. The summed E-state index contributed by atoms with van der Waals surface area (Å²) in [6.07, 6.45) is 4.88. The van der Waals surface area contributed by atoms with Gasteiger partial charge in [0.05, 0.1) is 0 Å². The van der Waals surface area contributed by atoms with Crippen molar-refractivity contribution in [2.24, 2.45) is 0 Å². The maximum Gasteiger partial charge on any atom is 0.292 e. The fourth-order valence-electron chi connectivity index (χ4n) is 0.504. The van der Waals surface area contributed by atoms with Crippen LogP contribution in [0.1, 0.15) is 6.92 Å². The molecule has 72 valence electrons. The zero-order valence-electron chi connectivity index (χ0n) is 8.39. The highest BCUT2D eigenvalue weighted by atomic mass is 17.4. The van der Waals surface area contributed by atoms with Gasteiger partial charge in [0.1, 0.15) is 0 Å². The van der Waals surface area contributed by atoms with E-state index < -0.39 is 5.79 Å². The molecule has 0 atom stereocenters. The van der Waals surface area contributed by atoms with Crippen LogP contribution in [0.2, 0.25) is 0 Å².